The van der Waals surface area contributed by atoms with Gasteiger partial charge in [-0.3, -0.25) is 4.99 Å². The summed E-state index contributed by atoms with van der Waals surface area (Å²) in [6, 6.07) is 4.49. The van der Waals surface area contributed by atoms with Crippen LogP contribution in [0.3, 0.4) is 0 Å². The van der Waals surface area contributed by atoms with Gasteiger partial charge in [0.05, 0.1) is 13.2 Å². The topological polar surface area (TPSA) is 41.8 Å². The molecule has 0 saturated heterocycles. The van der Waals surface area contributed by atoms with E-state index in [9.17, 15) is 5.11 Å². The van der Waals surface area contributed by atoms with Gasteiger partial charge >= 0.3 is 37.9 Å². The van der Waals surface area contributed by atoms with Crippen molar-refractivity contribution in [3.63, 3.8) is 0 Å². The summed E-state index contributed by atoms with van der Waals surface area (Å²) >= 11 is -0.826. The number of halogens is 2. The van der Waals surface area contributed by atoms with E-state index in [0.29, 0.717) is 17.7 Å². The van der Waals surface area contributed by atoms with Gasteiger partial charge in [0, 0.05) is 18.8 Å². The van der Waals surface area contributed by atoms with E-state index < -0.39 is 20.8 Å². The van der Waals surface area contributed by atoms with Gasteiger partial charge in [0.25, 0.3) is 0 Å². The molecule has 0 heterocycles. The quantitative estimate of drug-likeness (QED) is 0.399. The minimum absolute atomic E-state index is 0. The third kappa shape index (κ3) is 5.22. The molecule has 31 heavy (non-hydrogen) atoms. The number of phenols is 1. The Bertz CT molecular complexity index is 771. The van der Waals surface area contributed by atoms with Crippen LogP contribution in [0.2, 0.25) is 0 Å². The third-order valence-electron chi connectivity index (χ3n) is 8.43. The van der Waals surface area contributed by atoms with E-state index in [-0.39, 0.29) is 6.84 Å². The fraction of sp³-hybridized carbons (Fsp3) is 0.720. The zero-order valence-electron chi connectivity index (χ0n) is 18.7. The summed E-state index contributed by atoms with van der Waals surface area (Å²) < 4.78 is 5.65. The number of nitrogens with zero attached hydrogens (tertiary/aromatic N) is 1. The van der Waals surface area contributed by atoms with E-state index in [1.54, 1.807) is 7.11 Å². The first-order valence-electron chi connectivity index (χ1n) is 11.9. The van der Waals surface area contributed by atoms with Gasteiger partial charge in [-0.15, -0.1) is 0 Å². The predicted octanol–water partition coefficient (Wildman–Crippen LogP) is 7.49. The summed E-state index contributed by atoms with van der Waals surface area (Å²) in [5.41, 5.74) is 2.15. The van der Waals surface area contributed by atoms with Crippen molar-refractivity contribution in [2.24, 2.45) is 28.7 Å². The maximum atomic E-state index is 11.3. The molecule has 5 aliphatic rings. The van der Waals surface area contributed by atoms with Gasteiger partial charge in [0.15, 0.2) is 0 Å². The number of rotatable bonds is 4. The molecule has 1 N–H and O–H groups in total. The number of ether oxygens (including phenoxy) is 1. The molecule has 172 valence electrons. The molecule has 5 aliphatic carbocycles. The van der Waals surface area contributed by atoms with Crippen molar-refractivity contribution in [2.75, 3.05) is 7.11 Å². The number of hydrogen-bond donors (Lipinski definition) is 1. The van der Waals surface area contributed by atoms with Gasteiger partial charge in [-0.25, -0.2) is 0 Å². The third-order valence-corrected chi connectivity index (χ3v) is 8.43. The molecule has 0 amide bonds. The van der Waals surface area contributed by atoms with Crippen LogP contribution >= 0.6 is 17.0 Å². The molecule has 5 saturated carbocycles. The van der Waals surface area contributed by atoms with Crippen LogP contribution in [0.4, 0.5) is 0 Å². The maximum absolute atomic E-state index is 11.3. The zero-order valence-corrected chi connectivity index (χ0v) is 22.7. The van der Waals surface area contributed by atoms with Crippen molar-refractivity contribution in [3.05, 3.63) is 23.3 Å². The molecule has 5 fully saturated rings. The van der Waals surface area contributed by atoms with Crippen molar-refractivity contribution >= 4 is 23.2 Å². The van der Waals surface area contributed by atoms with Gasteiger partial charge in [-0.2, -0.15) is 0 Å². The summed E-state index contributed by atoms with van der Waals surface area (Å²) in [4.78, 5) is 4.92. The fourth-order valence-electron chi connectivity index (χ4n) is 7.38. The second kappa shape index (κ2) is 10.5. The molecule has 2 unspecified atom stereocenters. The summed E-state index contributed by atoms with van der Waals surface area (Å²) in [5, 5.41) is 11.3. The van der Waals surface area contributed by atoms with Crippen LogP contribution in [-0.4, -0.2) is 24.5 Å². The molecule has 6 rings (SSSR count). The van der Waals surface area contributed by atoms with Crippen LogP contribution in [-0.2, 0) is 26.3 Å². The van der Waals surface area contributed by atoms with Crippen LogP contribution < -0.4 is 4.74 Å². The molecule has 0 aliphatic heterocycles. The molecule has 2 atom stereocenters. The zero-order chi connectivity index (χ0) is 22.0. The molecule has 0 aromatic heterocycles. The van der Waals surface area contributed by atoms with Crippen molar-refractivity contribution in [1.82, 2.24) is 0 Å². The first-order valence-corrected chi connectivity index (χ1v) is 18.2. The summed E-state index contributed by atoms with van der Waals surface area (Å²) in [7, 11) is 11.6. The largest absolute Gasteiger partial charge is 0 e. The molecular formula is C25H37Cl2NO2Zr. The normalized spacial score (nSPS) is 36.2. The Morgan fingerprint density at radius 3 is 2.23 bits per heavy atom. The van der Waals surface area contributed by atoms with Crippen molar-refractivity contribution in [3.8, 4) is 11.5 Å². The Hall–Kier alpha value is -0.0469. The van der Waals surface area contributed by atoms with Crippen LogP contribution in [0.25, 0.3) is 0 Å². The fourth-order valence-corrected chi connectivity index (χ4v) is 7.38. The standard InChI is InChI=1S/C25H35NO2.2ClH.Zr.H2/c1-16-5-3-4-6-23(16)26-15-20-10-21(28-2)11-22(24(20)27)25-12-17-7-18(13-25)9-19(8-17)14-25;;;;/h10-11,15-19,23,27H,3-9,12-14H2,1-2H3;2*1H;;1H/q;;;+2;/p-2. The minimum Gasteiger partial charge on any atom is 0 e. The predicted molar refractivity (Wildman–Crippen MR) is 127 cm³/mol. The average molecular weight is 546 g/mol. The first kappa shape index (κ1) is 24.1. The van der Waals surface area contributed by atoms with Crippen LogP contribution in [0, 0.1) is 23.7 Å². The second-order valence-electron chi connectivity index (χ2n) is 10.5. The van der Waals surface area contributed by atoms with Gasteiger partial charge in [0.1, 0.15) is 11.5 Å². The Morgan fingerprint density at radius 2 is 1.68 bits per heavy atom. The molecular weight excluding hydrogens is 508 g/mol. The number of aromatic hydroxyl groups is 1. The van der Waals surface area contributed by atoms with Crippen LogP contribution in [0.1, 0.15) is 83.7 Å². The summed E-state index contributed by atoms with van der Waals surface area (Å²) in [5.74, 6) is 4.54. The van der Waals surface area contributed by atoms with Gasteiger partial charge in [0.2, 0.25) is 0 Å². The number of methoxy groups -OCH3 is 1. The molecule has 1 aromatic carbocycles. The van der Waals surface area contributed by atoms with E-state index in [1.807, 2.05) is 12.3 Å². The second-order valence-corrected chi connectivity index (χ2v) is 14.2. The SMILES string of the molecule is COc1cc(C=NC2CCCCC2C)c(O)c(C23CC4CC(CC(C4)C2)C3)c1.[Cl][Zr][Cl].[HH]. The van der Waals surface area contributed by atoms with Crippen molar-refractivity contribution in [1.29, 1.82) is 0 Å². The van der Waals surface area contributed by atoms with E-state index >= 15 is 0 Å². The summed E-state index contributed by atoms with van der Waals surface area (Å²) in [6.45, 7) is 2.31. The monoisotopic (exact) mass is 543 g/mol. The molecule has 4 bridgehead atoms. The molecule has 1 aromatic rings. The van der Waals surface area contributed by atoms with E-state index in [2.05, 4.69) is 13.0 Å². The summed E-state index contributed by atoms with van der Waals surface area (Å²) in [6.07, 6.45) is 15.0. The smallest absolute Gasteiger partial charge is 0 e. The number of phenolic OH excluding ortho intramolecular Hbond substituents is 1. The minimum atomic E-state index is -0.826. The van der Waals surface area contributed by atoms with Gasteiger partial charge in [-0.1, -0.05) is 19.8 Å². The number of benzene rings is 1. The Balaban J connectivity index is 0.000000686. The number of hydrogen-bond acceptors (Lipinski definition) is 3. The van der Waals surface area contributed by atoms with Gasteiger partial charge < -0.3 is 9.84 Å². The Labute approximate surface area is 207 Å². The van der Waals surface area contributed by atoms with Gasteiger partial charge in [-0.05, 0) is 92.6 Å². The Kier molecular flexibility index (Phi) is 8.14. The first-order chi connectivity index (χ1) is 15.0. The number of aliphatic imine (C=N–C) groups is 1. The van der Waals surface area contributed by atoms with E-state index in [0.717, 1.165) is 34.6 Å². The molecule has 6 heteroatoms. The molecule has 0 spiro atoms. The van der Waals surface area contributed by atoms with Crippen molar-refractivity contribution < 1.29 is 32.1 Å². The Morgan fingerprint density at radius 1 is 1.10 bits per heavy atom. The molecule has 0 radical (unpaired) electrons. The van der Waals surface area contributed by atoms with Crippen LogP contribution in [0.15, 0.2) is 17.1 Å². The molecule has 3 nitrogen and oxygen atoms in total. The van der Waals surface area contributed by atoms with E-state index in [1.165, 1.54) is 64.2 Å². The van der Waals surface area contributed by atoms with Crippen LogP contribution in [0.5, 0.6) is 11.5 Å². The average Bonchev–Trinajstić information content (AvgIpc) is 2.73. The van der Waals surface area contributed by atoms with Crippen molar-refractivity contribution in [2.45, 2.75) is 82.6 Å². The van der Waals surface area contributed by atoms with E-state index in [4.69, 9.17) is 26.8 Å². The maximum Gasteiger partial charge on any atom is 0 e.